The molecule has 0 fully saturated rings. The number of aryl methyl sites for hydroxylation is 1. The maximum atomic E-state index is 10.9. The Hall–Kier alpha value is -0.870. The van der Waals surface area contributed by atoms with Gasteiger partial charge < -0.3 is 10.8 Å². The van der Waals surface area contributed by atoms with Gasteiger partial charge in [0.2, 0.25) is 0 Å². The van der Waals surface area contributed by atoms with E-state index in [-0.39, 0.29) is 6.04 Å². The van der Waals surface area contributed by atoms with Crippen molar-refractivity contribution in [1.82, 2.24) is 0 Å². The SMILES string of the molecule is Cc1ccc(C(N)CC(C)(C)C(=O)O)s1. The minimum Gasteiger partial charge on any atom is -0.481 e. The third-order valence-electron chi connectivity index (χ3n) is 2.44. The Morgan fingerprint density at radius 3 is 2.60 bits per heavy atom. The number of carbonyl (C=O) groups is 1. The zero-order valence-electron chi connectivity index (χ0n) is 9.28. The van der Waals surface area contributed by atoms with Crippen molar-refractivity contribution in [2.24, 2.45) is 11.1 Å². The Balaban J connectivity index is 2.71. The van der Waals surface area contributed by atoms with E-state index in [0.29, 0.717) is 6.42 Å². The molecule has 0 bridgehead atoms. The number of hydrogen-bond acceptors (Lipinski definition) is 3. The second-order valence-corrected chi connectivity index (χ2v) is 5.77. The molecule has 0 spiro atoms. The van der Waals surface area contributed by atoms with Crippen LogP contribution in [-0.4, -0.2) is 11.1 Å². The molecule has 1 aromatic rings. The van der Waals surface area contributed by atoms with Gasteiger partial charge in [0, 0.05) is 15.8 Å². The smallest absolute Gasteiger partial charge is 0.309 e. The molecule has 0 aromatic carbocycles. The lowest BCUT2D eigenvalue weighted by molar-refractivity contribution is -0.147. The van der Waals surface area contributed by atoms with Crippen LogP contribution in [0.5, 0.6) is 0 Å². The summed E-state index contributed by atoms with van der Waals surface area (Å²) in [4.78, 5) is 13.2. The number of carboxylic acids is 1. The van der Waals surface area contributed by atoms with Crippen LogP contribution >= 0.6 is 11.3 Å². The van der Waals surface area contributed by atoms with Crippen molar-refractivity contribution in [2.45, 2.75) is 33.2 Å². The fourth-order valence-electron chi connectivity index (χ4n) is 1.39. The van der Waals surface area contributed by atoms with E-state index >= 15 is 0 Å². The summed E-state index contributed by atoms with van der Waals surface area (Å²) in [6, 6.07) is 3.80. The van der Waals surface area contributed by atoms with Gasteiger partial charge in [0.15, 0.2) is 0 Å². The summed E-state index contributed by atoms with van der Waals surface area (Å²) in [5.74, 6) is -0.800. The molecule has 15 heavy (non-hydrogen) atoms. The summed E-state index contributed by atoms with van der Waals surface area (Å²) >= 11 is 1.63. The predicted octanol–water partition coefficient (Wildman–Crippen LogP) is 2.56. The highest BCUT2D eigenvalue weighted by atomic mass is 32.1. The molecule has 1 heterocycles. The first-order valence-electron chi connectivity index (χ1n) is 4.88. The highest BCUT2D eigenvalue weighted by molar-refractivity contribution is 7.12. The van der Waals surface area contributed by atoms with Crippen LogP contribution in [-0.2, 0) is 4.79 Å². The van der Waals surface area contributed by atoms with Gasteiger partial charge in [0.25, 0.3) is 0 Å². The molecular formula is C11H17NO2S. The first-order chi connectivity index (χ1) is 6.83. The van der Waals surface area contributed by atoms with Crippen molar-refractivity contribution in [2.75, 3.05) is 0 Å². The maximum absolute atomic E-state index is 10.9. The number of hydrogen-bond donors (Lipinski definition) is 2. The standard InChI is InChI=1S/C11H17NO2S/c1-7-4-5-9(15-7)8(12)6-11(2,3)10(13)14/h4-5,8H,6,12H2,1-3H3,(H,13,14). The van der Waals surface area contributed by atoms with Gasteiger partial charge in [-0.1, -0.05) is 0 Å². The predicted molar refractivity (Wildman–Crippen MR) is 62.0 cm³/mol. The second-order valence-electron chi connectivity index (χ2n) is 4.45. The highest BCUT2D eigenvalue weighted by Crippen LogP contribution is 2.31. The fraction of sp³-hybridized carbons (Fsp3) is 0.545. The number of rotatable bonds is 4. The molecule has 1 unspecified atom stereocenters. The van der Waals surface area contributed by atoms with Gasteiger partial charge in [-0.15, -0.1) is 11.3 Å². The molecule has 0 aliphatic carbocycles. The summed E-state index contributed by atoms with van der Waals surface area (Å²) in [7, 11) is 0. The minimum absolute atomic E-state index is 0.185. The van der Waals surface area contributed by atoms with Crippen LogP contribution in [0.2, 0.25) is 0 Å². The van der Waals surface area contributed by atoms with Crippen LogP contribution < -0.4 is 5.73 Å². The summed E-state index contributed by atoms with van der Waals surface area (Å²) in [5.41, 5.74) is 5.21. The molecule has 0 amide bonds. The van der Waals surface area contributed by atoms with E-state index in [4.69, 9.17) is 10.8 Å². The molecule has 0 aliphatic rings. The number of nitrogens with two attached hydrogens (primary N) is 1. The molecular weight excluding hydrogens is 210 g/mol. The molecule has 0 radical (unpaired) electrons. The lowest BCUT2D eigenvalue weighted by Crippen LogP contribution is -2.28. The average molecular weight is 227 g/mol. The highest BCUT2D eigenvalue weighted by Gasteiger charge is 2.30. The van der Waals surface area contributed by atoms with E-state index in [0.717, 1.165) is 4.88 Å². The van der Waals surface area contributed by atoms with Gasteiger partial charge in [-0.3, -0.25) is 4.79 Å². The Bertz CT molecular complexity index is 357. The first-order valence-corrected chi connectivity index (χ1v) is 5.70. The third kappa shape index (κ3) is 3.04. The van der Waals surface area contributed by atoms with Crippen LogP contribution in [0.25, 0.3) is 0 Å². The zero-order chi connectivity index (χ0) is 11.6. The van der Waals surface area contributed by atoms with Gasteiger partial charge in [-0.25, -0.2) is 0 Å². The largest absolute Gasteiger partial charge is 0.481 e. The van der Waals surface area contributed by atoms with Crippen LogP contribution in [0.3, 0.4) is 0 Å². The molecule has 0 saturated heterocycles. The number of thiophene rings is 1. The average Bonchev–Trinajstić information content (AvgIpc) is 2.50. The second kappa shape index (κ2) is 4.33. The van der Waals surface area contributed by atoms with Crippen LogP contribution in [0.1, 0.15) is 36.1 Å². The Labute approximate surface area is 93.9 Å². The fourth-order valence-corrected chi connectivity index (χ4v) is 2.27. The molecule has 0 aliphatic heterocycles. The van der Waals surface area contributed by atoms with Crippen molar-refractivity contribution in [3.63, 3.8) is 0 Å². The van der Waals surface area contributed by atoms with Crippen LogP contribution in [0.15, 0.2) is 12.1 Å². The summed E-state index contributed by atoms with van der Waals surface area (Å²) < 4.78 is 0. The lowest BCUT2D eigenvalue weighted by Gasteiger charge is -2.22. The van der Waals surface area contributed by atoms with Gasteiger partial charge in [-0.2, -0.15) is 0 Å². The van der Waals surface area contributed by atoms with Crippen LogP contribution in [0, 0.1) is 12.3 Å². The normalized spacial score (nSPS) is 13.9. The number of carboxylic acid groups (broad SMARTS) is 1. The van der Waals surface area contributed by atoms with Crippen molar-refractivity contribution in [3.8, 4) is 0 Å². The molecule has 4 heteroatoms. The Morgan fingerprint density at radius 1 is 1.60 bits per heavy atom. The van der Waals surface area contributed by atoms with Gasteiger partial charge in [-0.05, 0) is 39.3 Å². The summed E-state index contributed by atoms with van der Waals surface area (Å²) in [5, 5.41) is 8.99. The molecule has 1 aromatic heterocycles. The minimum atomic E-state index is -0.800. The molecule has 3 nitrogen and oxygen atoms in total. The van der Waals surface area contributed by atoms with Gasteiger partial charge >= 0.3 is 5.97 Å². The van der Waals surface area contributed by atoms with E-state index < -0.39 is 11.4 Å². The van der Waals surface area contributed by atoms with Crippen molar-refractivity contribution < 1.29 is 9.90 Å². The third-order valence-corrected chi connectivity index (χ3v) is 3.57. The van der Waals surface area contributed by atoms with E-state index in [1.165, 1.54) is 4.88 Å². The maximum Gasteiger partial charge on any atom is 0.309 e. The summed E-state index contributed by atoms with van der Waals surface area (Å²) in [6.45, 7) is 5.43. The number of aliphatic carboxylic acids is 1. The van der Waals surface area contributed by atoms with E-state index in [9.17, 15) is 4.79 Å². The lowest BCUT2D eigenvalue weighted by atomic mass is 9.86. The first kappa shape index (κ1) is 12.2. The topological polar surface area (TPSA) is 63.3 Å². The van der Waals surface area contributed by atoms with E-state index in [1.807, 2.05) is 19.1 Å². The molecule has 3 N–H and O–H groups in total. The van der Waals surface area contributed by atoms with E-state index in [2.05, 4.69) is 0 Å². The van der Waals surface area contributed by atoms with Crippen molar-refractivity contribution >= 4 is 17.3 Å². The van der Waals surface area contributed by atoms with Crippen molar-refractivity contribution in [1.29, 1.82) is 0 Å². The molecule has 1 atom stereocenters. The van der Waals surface area contributed by atoms with Crippen LogP contribution in [0.4, 0.5) is 0 Å². The zero-order valence-corrected chi connectivity index (χ0v) is 10.1. The Kier molecular flexibility index (Phi) is 3.52. The van der Waals surface area contributed by atoms with Crippen molar-refractivity contribution in [3.05, 3.63) is 21.9 Å². The van der Waals surface area contributed by atoms with E-state index in [1.54, 1.807) is 25.2 Å². The summed E-state index contributed by atoms with van der Waals surface area (Å²) in [6.07, 6.45) is 0.461. The quantitative estimate of drug-likeness (QED) is 0.831. The monoisotopic (exact) mass is 227 g/mol. The Morgan fingerprint density at radius 2 is 2.20 bits per heavy atom. The molecule has 0 saturated carbocycles. The van der Waals surface area contributed by atoms with Gasteiger partial charge in [0.1, 0.15) is 0 Å². The molecule has 84 valence electrons. The molecule has 1 rings (SSSR count). The van der Waals surface area contributed by atoms with Gasteiger partial charge in [0.05, 0.1) is 5.41 Å².